The van der Waals surface area contributed by atoms with Gasteiger partial charge in [-0.1, -0.05) is 11.3 Å². The van der Waals surface area contributed by atoms with Crippen molar-refractivity contribution in [3.05, 3.63) is 64.1 Å². The van der Waals surface area contributed by atoms with E-state index >= 15 is 0 Å². The largest absolute Gasteiger partial charge is 0.259 e. The van der Waals surface area contributed by atoms with Crippen molar-refractivity contribution in [1.82, 2.24) is 20.0 Å². The molecule has 0 unspecified atom stereocenters. The molecule has 0 saturated heterocycles. The van der Waals surface area contributed by atoms with Crippen molar-refractivity contribution < 1.29 is 8.42 Å². The first-order valence-electron chi connectivity index (χ1n) is 6.36. The topological polar surface area (TPSA) is 77.7 Å². The summed E-state index contributed by atoms with van der Waals surface area (Å²) < 4.78 is 27.4. The minimum atomic E-state index is -3.65. The first-order chi connectivity index (χ1) is 10.6. The van der Waals surface area contributed by atoms with Crippen LogP contribution in [0.3, 0.4) is 0 Å². The van der Waals surface area contributed by atoms with E-state index < -0.39 is 9.84 Å². The van der Waals surface area contributed by atoms with Crippen LogP contribution in [0.1, 0.15) is 5.69 Å². The summed E-state index contributed by atoms with van der Waals surface area (Å²) in [5.74, 6) is 0. The summed E-state index contributed by atoms with van der Waals surface area (Å²) in [5, 5.41) is 7.58. The second kappa shape index (κ2) is 6.13. The standard InChI is InChI=1S/C14H11IN4O2S/c15-11-4-6-13(7-5-11)22(20,21)14-10-19(18-17-14)9-12-3-1-2-8-16-12/h1-8,10H,9H2. The highest BCUT2D eigenvalue weighted by atomic mass is 127. The molecule has 3 rings (SSSR count). The van der Waals surface area contributed by atoms with Gasteiger partial charge < -0.3 is 0 Å². The minimum Gasteiger partial charge on any atom is -0.259 e. The maximum absolute atomic E-state index is 12.5. The van der Waals surface area contributed by atoms with Gasteiger partial charge in [0.15, 0.2) is 0 Å². The summed E-state index contributed by atoms with van der Waals surface area (Å²) in [5.41, 5.74) is 0.783. The Labute approximate surface area is 141 Å². The first kappa shape index (κ1) is 15.1. The Balaban J connectivity index is 1.88. The van der Waals surface area contributed by atoms with Gasteiger partial charge in [-0.3, -0.25) is 4.98 Å². The van der Waals surface area contributed by atoms with Crippen molar-refractivity contribution in [2.45, 2.75) is 16.5 Å². The fourth-order valence-electron chi connectivity index (χ4n) is 1.87. The zero-order valence-electron chi connectivity index (χ0n) is 11.3. The predicted octanol–water partition coefficient (Wildman–Crippen LogP) is 2.16. The third-order valence-corrected chi connectivity index (χ3v) is 5.32. The molecule has 0 bridgehead atoms. The summed E-state index contributed by atoms with van der Waals surface area (Å²) in [6, 6.07) is 12.1. The fourth-order valence-corrected chi connectivity index (χ4v) is 3.37. The lowest BCUT2D eigenvalue weighted by Gasteiger charge is -2.00. The van der Waals surface area contributed by atoms with E-state index in [2.05, 4.69) is 37.9 Å². The molecule has 112 valence electrons. The second-order valence-corrected chi connectivity index (χ2v) is 7.67. The molecule has 3 aromatic rings. The number of sulfone groups is 1. The molecule has 2 aromatic heterocycles. The molecule has 1 aromatic carbocycles. The van der Waals surface area contributed by atoms with Gasteiger partial charge in [0.1, 0.15) is 0 Å². The molecule has 0 N–H and O–H groups in total. The van der Waals surface area contributed by atoms with Crippen LogP contribution in [0.4, 0.5) is 0 Å². The molecule has 0 aliphatic heterocycles. The Morgan fingerprint density at radius 3 is 2.55 bits per heavy atom. The first-order valence-corrected chi connectivity index (χ1v) is 8.92. The minimum absolute atomic E-state index is 0.0651. The molecule has 0 atom stereocenters. The van der Waals surface area contributed by atoms with Gasteiger partial charge in [-0.05, 0) is 59.0 Å². The van der Waals surface area contributed by atoms with Crippen molar-refractivity contribution in [3.63, 3.8) is 0 Å². The van der Waals surface area contributed by atoms with Crippen LogP contribution in [-0.4, -0.2) is 28.4 Å². The number of benzene rings is 1. The molecule has 0 radical (unpaired) electrons. The summed E-state index contributed by atoms with van der Waals surface area (Å²) in [7, 11) is -3.65. The predicted molar refractivity (Wildman–Crippen MR) is 88.0 cm³/mol. The quantitative estimate of drug-likeness (QED) is 0.598. The number of halogens is 1. The van der Waals surface area contributed by atoms with E-state index in [1.807, 2.05) is 18.2 Å². The molecule has 8 heteroatoms. The molecule has 22 heavy (non-hydrogen) atoms. The van der Waals surface area contributed by atoms with Gasteiger partial charge in [-0.2, -0.15) is 0 Å². The van der Waals surface area contributed by atoms with Gasteiger partial charge in [0.25, 0.3) is 0 Å². The number of hydrogen-bond donors (Lipinski definition) is 0. The second-order valence-electron chi connectivity index (χ2n) is 4.53. The van der Waals surface area contributed by atoms with Crippen molar-refractivity contribution in [2.75, 3.05) is 0 Å². The normalized spacial score (nSPS) is 11.5. The number of rotatable bonds is 4. The van der Waals surface area contributed by atoms with Gasteiger partial charge in [-0.15, -0.1) is 5.10 Å². The number of hydrogen-bond acceptors (Lipinski definition) is 5. The van der Waals surface area contributed by atoms with E-state index in [-0.39, 0.29) is 9.92 Å². The van der Waals surface area contributed by atoms with Crippen LogP contribution in [-0.2, 0) is 16.4 Å². The molecule has 0 spiro atoms. The fraction of sp³-hybridized carbons (Fsp3) is 0.0714. The molecule has 2 heterocycles. The zero-order chi connectivity index (χ0) is 15.6. The molecule has 0 amide bonds. The Hall–Kier alpha value is -1.81. The van der Waals surface area contributed by atoms with Crippen LogP contribution in [0.5, 0.6) is 0 Å². The third kappa shape index (κ3) is 3.17. The van der Waals surface area contributed by atoms with Gasteiger partial charge in [0.2, 0.25) is 14.9 Å². The van der Waals surface area contributed by atoms with E-state index in [0.29, 0.717) is 6.54 Å². The van der Waals surface area contributed by atoms with Crippen LogP contribution in [0, 0.1) is 3.57 Å². The molecule has 0 aliphatic carbocycles. The summed E-state index contributed by atoms with van der Waals surface area (Å²) in [4.78, 5) is 4.38. The average molecular weight is 426 g/mol. The van der Waals surface area contributed by atoms with E-state index in [4.69, 9.17) is 0 Å². The average Bonchev–Trinajstić information content (AvgIpc) is 2.98. The highest BCUT2D eigenvalue weighted by Gasteiger charge is 2.21. The molecular weight excluding hydrogens is 415 g/mol. The number of pyridine rings is 1. The van der Waals surface area contributed by atoms with Gasteiger partial charge in [-0.25, -0.2) is 13.1 Å². The van der Waals surface area contributed by atoms with Crippen LogP contribution in [0.15, 0.2) is 64.8 Å². The summed E-state index contributed by atoms with van der Waals surface area (Å²) in [6.45, 7) is 0.371. The Morgan fingerprint density at radius 2 is 1.86 bits per heavy atom. The summed E-state index contributed by atoms with van der Waals surface area (Å²) >= 11 is 2.12. The van der Waals surface area contributed by atoms with Gasteiger partial charge in [0, 0.05) is 9.77 Å². The number of aromatic nitrogens is 4. The maximum atomic E-state index is 12.5. The molecular formula is C14H11IN4O2S. The smallest absolute Gasteiger partial charge is 0.227 e. The van der Waals surface area contributed by atoms with E-state index in [1.54, 1.807) is 30.5 Å². The van der Waals surface area contributed by atoms with Gasteiger partial charge >= 0.3 is 0 Å². The van der Waals surface area contributed by atoms with E-state index in [9.17, 15) is 8.42 Å². The molecule has 6 nitrogen and oxygen atoms in total. The third-order valence-electron chi connectivity index (χ3n) is 2.97. The van der Waals surface area contributed by atoms with Crippen molar-refractivity contribution in [3.8, 4) is 0 Å². The highest BCUT2D eigenvalue weighted by molar-refractivity contribution is 14.1. The van der Waals surface area contributed by atoms with Crippen molar-refractivity contribution >= 4 is 32.4 Å². The van der Waals surface area contributed by atoms with Crippen molar-refractivity contribution in [1.29, 1.82) is 0 Å². The Kier molecular flexibility index (Phi) is 4.21. The maximum Gasteiger partial charge on any atom is 0.227 e. The van der Waals surface area contributed by atoms with Gasteiger partial charge in [0.05, 0.1) is 23.3 Å². The van der Waals surface area contributed by atoms with Crippen LogP contribution < -0.4 is 0 Å². The highest BCUT2D eigenvalue weighted by Crippen LogP contribution is 2.19. The number of nitrogens with zero attached hydrogens (tertiary/aromatic N) is 4. The Bertz CT molecular complexity index is 877. The zero-order valence-corrected chi connectivity index (χ0v) is 14.3. The lowest BCUT2D eigenvalue weighted by Crippen LogP contribution is -2.03. The molecule has 0 aliphatic rings. The van der Waals surface area contributed by atoms with E-state index in [1.165, 1.54) is 10.9 Å². The monoisotopic (exact) mass is 426 g/mol. The van der Waals surface area contributed by atoms with Crippen LogP contribution >= 0.6 is 22.6 Å². The summed E-state index contributed by atoms with van der Waals surface area (Å²) in [6.07, 6.45) is 3.09. The lowest BCUT2D eigenvalue weighted by molar-refractivity contribution is 0.591. The van der Waals surface area contributed by atoms with Crippen LogP contribution in [0.2, 0.25) is 0 Å². The SMILES string of the molecule is O=S(=O)(c1ccc(I)cc1)c1cn(Cc2ccccn2)nn1. The lowest BCUT2D eigenvalue weighted by atomic mass is 10.3. The van der Waals surface area contributed by atoms with Crippen LogP contribution in [0.25, 0.3) is 0 Å². The molecule has 0 fully saturated rings. The molecule has 0 saturated carbocycles. The van der Waals surface area contributed by atoms with E-state index in [0.717, 1.165) is 9.26 Å². The van der Waals surface area contributed by atoms with Crippen molar-refractivity contribution in [2.24, 2.45) is 0 Å². The Morgan fingerprint density at radius 1 is 1.09 bits per heavy atom.